The minimum absolute atomic E-state index is 0.696. The molecular formula is C44H26N2O. The molecule has 0 unspecified atom stereocenters. The van der Waals surface area contributed by atoms with Crippen molar-refractivity contribution in [3.05, 3.63) is 158 Å². The summed E-state index contributed by atoms with van der Waals surface area (Å²) in [5.41, 5.74) is 14.0. The van der Waals surface area contributed by atoms with Gasteiger partial charge in [0.1, 0.15) is 11.2 Å². The number of nitrogens with zero attached hydrogens (tertiary/aromatic N) is 2. The van der Waals surface area contributed by atoms with Gasteiger partial charge in [-0.2, -0.15) is 0 Å². The summed E-state index contributed by atoms with van der Waals surface area (Å²) in [5, 5.41) is 4.62. The Morgan fingerprint density at radius 3 is 1.72 bits per heavy atom. The molecule has 2 heterocycles. The lowest BCUT2D eigenvalue weighted by atomic mass is 9.98. The van der Waals surface area contributed by atoms with Crippen molar-refractivity contribution in [2.45, 2.75) is 0 Å². The van der Waals surface area contributed by atoms with E-state index >= 15 is 0 Å². The van der Waals surface area contributed by atoms with Crippen LogP contribution in [-0.4, -0.2) is 9.97 Å². The van der Waals surface area contributed by atoms with E-state index in [0.29, 0.717) is 5.82 Å². The van der Waals surface area contributed by atoms with Crippen LogP contribution in [0.3, 0.4) is 0 Å². The molecule has 3 heteroatoms. The van der Waals surface area contributed by atoms with E-state index in [9.17, 15) is 0 Å². The van der Waals surface area contributed by atoms with Crippen molar-refractivity contribution in [3.63, 3.8) is 0 Å². The van der Waals surface area contributed by atoms with Gasteiger partial charge in [0.2, 0.25) is 0 Å². The van der Waals surface area contributed by atoms with Crippen LogP contribution in [-0.2, 0) is 0 Å². The zero-order valence-corrected chi connectivity index (χ0v) is 25.3. The van der Waals surface area contributed by atoms with Gasteiger partial charge in [-0.15, -0.1) is 0 Å². The zero-order chi connectivity index (χ0) is 30.9. The molecule has 0 aliphatic heterocycles. The Balaban J connectivity index is 1.15. The molecule has 0 N–H and O–H groups in total. The van der Waals surface area contributed by atoms with E-state index in [4.69, 9.17) is 14.4 Å². The molecule has 0 amide bonds. The number of benzene rings is 7. The average molecular weight is 599 g/mol. The predicted molar refractivity (Wildman–Crippen MR) is 193 cm³/mol. The van der Waals surface area contributed by atoms with E-state index in [1.165, 1.54) is 33.2 Å². The molecule has 1 aliphatic rings. The van der Waals surface area contributed by atoms with Gasteiger partial charge < -0.3 is 4.42 Å². The van der Waals surface area contributed by atoms with E-state index in [-0.39, 0.29) is 0 Å². The third-order valence-corrected chi connectivity index (χ3v) is 9.44. The first kappa shape index (κ1) is 26.0. The van der Waals surface area contributed by atoms with Gasteiger partial charge in [-0.25, -0.2) is 9.97 Å². The van der Waals surface area contributed by atoms with Crippen LogP contribution >= 0.6 is 0 Å². The molecule has 3 nitrogen and oxygen atoms in total. The van der Waals surface area contributed by atoms with Crippen LogP contribution < -0.4 is 0 Å². The average Bonchev–Trinajstić information content (AvgIpc) is 3.69. The van der Waals surface area contributed by atoms with Gasteiger partial charge >= 0.3 is 0 Å². The number of fused-ring (bicyclic) bond motifs is 7. The molecule has 7 aromatic carbocycles. The maximum atomic E-state index is 6.59. The van der Waals surface area contributed by atoms with Crippen molar-refractivity contribution in [1.82, 2.24) is 9.97 Å². The van der Waals surface area contributed by atoms with Crippen LogP contribution in [0.15, 0.2) is 162 Å². The van der Waals surface area contributed by atoms with Crippen molar-refractivity contribution in [2.75, 3.05) is 0 Å². The van der Waals surface area contributed by atoms with Crippen LogP contribution in [0.4, 0.5) is 0 Å². The molecule has 0 saturated heterocycles. The van der Waals surface area contributed by atoms with E-state index in [2.05, 4.69) is 133 Å². The summed E-state index contributed by atoms with van der Waals surface area (Å²) in [6, 6.07) is 55.3. The Labute approximate surface area is 271 Å². The summed E-state index contributed by atoms with van der Waals surface area (Å²) >= 11 is 0. The van der Waals surface area contributed by atoms with Gasteiger partial charge in [0.15, 0.2) is 5.82 Å². The molecule has 0 spiro atoms. The molecule has 10 rings (SSSR count). The normalized spacial score (nSPS) is 11.8. The maximum absolute atomic E-state index is 6.59. The van der Waals surface area contributed by atoms with Crippen molar-refractivity contribution in [1.29, 1.82) is 0 Å². The topological polar surface area (TPSA) is 38.9 Å². The van der Waals surface area contributed by atoms with Crippen molar-refractivity contribution in [2.24, 2.45) is 0 Å². The molecule has 9 aromatic rings. The molecule has 0 bridgehead atoms. The van der Waals surface area contributed by atoms with Crippen molar-refractivity contribution >= 4 is 32.7 Å². The summed E-state index contributed by atoms with van der Waals surface area (Å²) in [6.07, 6.45) is 0. The summed E-state index contributed by atoms with van der Waals surface area (Å²) in [4.78, 5) is 10.2. The molecule has 0 fully saturated rings. The highest BCUT2D eigenvalue weighted by Gasteiger charge is 2.24. The van der Waals surface area contributed by atoms with Gasteiger partial charge in [-0.05, 0) is 63.7 Å². The summed E-state index contributed by atoms with van der Waals surface area (Å²) in [6.45, 7) is 0. The lowest BCUT2D eigenvalue weighted by Crippen LogP contribution is -1.96. The zero-order valence-electron chi connectivity index (χ0n) is 25.3. The molecule has 0 atom stereocenters. The van der Waals surface area contributed by atoms with E-state index in [1.807, 2.05) is 24.3 Å². The highest BCUT2D eigenvalue weighted by molar-refractivity contribution is 6.26. The highest BCUT2D eigenvalue weighted by Crippen LogP contribution is 2.50. The lowest BCUT2D eigenvalue weighted by molar-refractivity contribution is 0.673. The number of rotatable bonds is 4. The first-order valence-electron chi connectivity index (χ1n) is 15.9. The summed E-state index contributed by atoms with van der Waals surface area (Å²) < 4.78 is 6.59. The van der Waals surface area contributed by atoms with Crippen LogP contribution in [0.2, 0.25) is 0 Å². The van der Waals surface area contributed by atoms with Crippen molar-refractivity contribution in [3.8, 4) is 67.3 Å². The molecule has 1 aliphatic carbocycles. The highest BCUT2D eigenvalue weighted by atomic mass is 16.3. The number of furan rings is 1. The quantitative estimate of drug-likeness (QED) is 0.202. The minimum Gasteiger partial charge on any atom is -0.455 e. The Bertz CT molecular complexity index is 2650. The second-order valence-electron chi connectivity index (χ2n) is 12.2. The fourth-order valence-corrected chi connectivity index (χ4v) is 7.18. The fraction of sp³-hybridized carbons (Fsp3) is 0. The second-order valence-corrected chi connectivity index (χ2v) is 12.2. The first-order valence-corrected chi connectivity index (χ1v) is 15.9. The molecule has 0 radical (unpaired) electrons. The lowest BCUT2D eigenvalue weighted by Gasteiger charge is -2.10. The van der Waals surface area contributed by atoms with Gasteiger partial charge in [-0.3, -0.25) is 0 Å². The number of aromatic nitrogens is 2. The standard InChI is InChI=1S/C44H26N2O/c1-3-10-27(11-4-1)28-18-20-30(21-19-28)44-45-39(29-12-5-2-6-13-29)26-40(46-44)31-22-23-41-36(24-31)38-25-37-33-15-8-7-14-32(33)34-16-9-17-35(42(34)37)43(38)47-41/h1-26H. The summed E-state index contributed by atoms with van der Waals surface area (Å²) in [7, 11) is 0. The van der Waals surface area contributed by atoms with Crippen molar-refractivity contribution < 1.29 is 4.42 Å². The SMILES string of the molecule is c1ccc(-c2ccc(-c3nc(-c4ccccc4)cc(-c4ccc5oc6c7cccc8c7c(cc6c5c4)-c4ccccc4-8)n3)cc2)cc1. The van der Waals surface area contributed by atoms with Gasteiger partial charge in [0.25, 0.3) is 0 Å². The predicted octanol–water partition coefficient (Wildman–Crippen LogP) is 11.8. The molecule has 0 saturated carbocycles. The number of hydrogen-bond acceptors (Lipinski definition) is 3. The monoisotopic (exact) mass is 598 g/mol. The van der Waals surface area contributed by atoms with Crippen LogP contribution in [0, 0.1) is 0 Å². The van der Waals surface area contributed by atoms with Gasteiger partial charge in [0, 0.05) is 38.2 Å². The smallest absolute Gasteiger partial charge is 0.160 e. The largest absolute Gasteiger partial charge is 0.455 e. The summed E-state index contributed by atoms with van der Waals surface area (Å²) in [5.74, 6) is 0.696. The minimum atomic E-state index is 0.696. The van der Waals surface area contributed by atoms with Crippen LogP contribution in [0.1, 0.15) is 0 Å². The van der Waals surface area contributed by atoms with E-state index < -0.39 is 0 Å². The van der Waals surface area contributed by atoms with Crippen LogP contribution in [0.25, 0.3) is 100.0 Å². The second kappa shape index (κ2) is 10.1. The van der Waals surface area contributed by atoms with E-state index in [0.717, 1.165) is 61.0 Å². The Morgan fingerprint density at radius 1 is 0.362 bits per heavy atom. The molecule has 47 heavy (non-hydrogen) atoms. The Morgan fingerprint density at radius 2 is 0.957 bits per heavy atom. The van der Waals surface area contributed by atoms with Gasteiger partial charge in [-0.1, -0.05) is 127 Å². The first-order chi connectivity index (χ1) is 23.3. The maximum Gasteiger partial charge on any atom is 0.160 e. The Kier molecular flexibility index (Phi) is 5.57. The molecule has 2 aromatic heterocycles. The Hall–Kier alpha value is -6.32. The number of hydrogen-bond donors (Lipinski definition) is 0. The van der Waals surface area contributed by atoms with E-state index in [1.54, 1.807) is 0 Å². The third-order valence-electron chi connectivity index (χ3n) is 9.44. The molecular weight excluding hydrogens is 572 g/mol. The van der Waals surface area contributed by atoms with Gasteiger partial charge in [0.05, 0.1) is 11.4 Å². The molecule has 218 valence electrons. The third kappa shape index (κ3) is 4.07. The fourth-order valence-electron chi connectivity index (χ4n) is 7.18. The van der Waals surface area contributed by atoms with Crippen LogP contribution in [0.5, 0.6) is 0 Å².